The summed E-state index contributed by atoms with van der Waals surface area (Å²) in [6, 6.07) is 0.918. The maximum atomic E-state index is 13.2. The van der Waals surface area contributed by atoms with Crippen LogP contribution in [0.15, 0.2) is 23.1 Å². The van der Waals surface area contributed by atoms with Gasteiger partial charge in [0.25, 0.3) is 0 Å². The zero-order valence-corrected chi connectivity index (χ0v) is 11.8. The number of β-amino-alcohol motifs (C(OH)–C–C–N with tert-alkyl or cyclic N) is 1. The smallest absolute Gasteiger partial charge is 0.324 e. The quantitative estimate of drug-likeness (QED) is 0.808. The van der Waals surface area contributed by atoms with E-state index in [1.807, 2.05) is 0 Å². The van der Waals surface area contributed by atoms with E-state index in [4.69, 9.17) is 0 Å². The van der Waals surface area contributed by atoms with Gasteiger partial charge in [-0.05, 0) is 18.2 Å². The molecular weight excluding hydrogens is 308 g/mol. The minimum Gasteiger partial charge on any atom is -0.468 e. The second-order valence-electron chi connectivity index (χ2n) is 4.58. The second-order valence-corrected chi connectivity index (χ2v) is 6.47. The van der Waals surface area contributed by atoms with Gasteiger partial charge in [0.15, 0.2) is 11.6 Å². The van der Waals surface area contributed by atoms with Gasteiger partial charge in [0.2, 0.25) is 10.0 Å². The van der Waals surface area contributed by atoms with Crippen molar-refractivity contribution in [3.63, 3.8) is 0 Å². The number of nitrogens with zero attached hydrogens (tertiary/aromatic N) is 1. The van der Waals surface area contributed by atoms with Crippen molar-refractivity contribution in [2.75, 3.05) is 13.7 Å². The summed E-state index contributed by atoms with van der Waals surface area (Å²) in [6.45, 7) is -0.318. The Balaban J connectivity index is 2.41. The van der Waals surface area contributed by atoms with Gasteiger partial charge in [-0.1, -0.05) is 0 Å². The molecule has 1 aliphatic heterocycles. The van der Waals surface area contributed by atoms with Gasteiger partial charge in [-0.15, -0.1) is 0 Å². The molecule has 0 aliphatic carbocycles. The van der Waals surface area contributed by atoms with Crippen molar-refractivity contribution in [2.24, 2.45) is 0 Å². The molecule has 1 N–H and O–H groups in total. The fraction of sp³-hybridized carbons (Fsp3) is 0.417. The maximum absolute atomic E-state index is 13.2. The molecule has 0 spiro atoms. The minimum absolute atomic E-state index is 0.115. The van der Waals surface area contributed by atoms with Crippen LogP contribution >= 0.6 is 0 Å². The Hall–Kier alpha value is -1.58. The van der Waals surface area contributed by atoms with Crippen LogP contribution in [0.1, 0.15) is 6.42 Å². The van der Waals surface area contributed by atoms with E-state index in [2.05, 4.69) is 4.74 Å². The van der Waals surface area contributed by atoms with Crippen molar-refractivity contribution in [3.05, 3.63) is 29.8 Å². The van der Waals surface area contributed by atoms with Crippen molar-refractivity contribution in [1.82, 2.24) is 4.31 Å². The lowest BCUT2D eigenvalue weighted by molar-refractivity contribution is -0.144. The molecule has 2 atom stereocenters. The van der Waals surface area contributed by atoms with Crippen LogP contribution in [0.3, 0.4) is 0 Å². The highest BCUT2D eigenvalue weighted by molar-refractivity contribution is 7.89. The molecule has 2 rings (SSSR count). The summed E-state index contributed by atoms with van der Waals surface area (Å²) in [5, 5.41) is 9.58. The molecule has 0 amide bonds. The van der Waals surface area contributed by atoms with Gasteiger partial charge in [0.1, 0.15) is 6.04 Å². The SMILES string of the molecule is COC(=O)C1CC(O)CN1S(=O)(=O)c1ccc(F)c(F)c1. The van der Waals surface area contributed by atoms with Crippen molar-refractivity contribution in [1.29, 1.82) is 0 Å². The summed E-state index contributed by atoms with van der Waals surface area (Å²) >= 11 is 0. The molecule has 1 aliphatic rings. The number of halogens is 2. The van der Waals surface area contributed by atoms with E-state index in [0.29, 0.717) is 12.1 Å². The third-order valence-electron chi connectivity index (χ3n) is 3.20. The molecule has 116 valence electrons. The van der Waals surface area contributed by atoms with Gasteiger partial charge >= 0.3 is 5.97 Å². The summed E-state index contributed by atoms with van der Waals surface area (Å²) in [7, 11) is -3.16. The number of carbonyl (C=O) groups excluding carboxylic acids is 1. The summed E-state index contributed by atoms with van der Waals surface area (Å²) in [4.78, 5) is 11.1. The topological polar surface area (TPSA) is 83.9 Å². The maximum Gasteiger partial charge on any atom is 0.324 e. The van der Waals surface area contributed by atoms with Crippen molar-refractivity contribution in [2.45, 2.75) is 23.5 Å². The first-order valence-corrected chi connectivity index (χ1v) is 7.44. The van der Waals surface area contributed by atoms with Crippen LogP contribution in [-0.4, -0.2) is 49.6 Å². The molecule has 1 heterocycles. The van der Waals surface area contributed by atoms with Gasteiger partial charge < -0.3 is 9.84 Å². The first kappa shape index (κ1) is 15.8. The number of ether oxygens (including phenoxy) is 1. The molecule has 2 unspecified atom stereocenters. The van der Waals surface area contributed by atoms with Crippen molar-refractivity contribution >= 4 is 16.0 Å². The average Bonchev–Trinajstić information content (AvgIpc) is 2.83. The highest BCUT2D eigenvalue weighted by atomic mass is 32.2. The summed E-state index contributed by atoms with van der Waals surface area (Å²) < 4.78 is 56.1. The van der Waals surface area contributed by atoms with E-state index in [9.17, 15) is 27.1 Å². The lowest BCUT2D eigenvalue weighted by Gasteiger charge is -2.21. The Morgan fingerprint density at radius 3 is 2.62 bits per heavy atom. The average molecular weight is 321 g/mol. The first-order valence-electron chi connectivity index (χ1n) is 6.00. The number of benzene rings is 1. The molecule has 21 heavy (non-hydrogen) atoms. The van der Waals surface area contributed by atoms with E-state index < -0.39 is 44.7 Å². The van der Waals surface area contributed by atoms with Crippen LogP contribution in [0.2, 0.25) is 0 Å². The Labute approximate surface area is 120 Å². The van der Waals surface area contributed by atoms with E-state index >= 15 is 0 Å². The predicted octanol–water partition coefficient (Wildman–Crippen LogP) is 0.262. The third kappa shape index (κ3) is 2.89. The Bertz CT molecular complexity index is 664. The number of carbonyl (C=O) groups is 1. The zero-order chi connectivity index (χ0) is 15.8. The van der Waals surface area contributed by atoms with Gasteiger partial charge in [-0.3, -0.25) is 4.79 Å². The molecule has 0 bridgehead atoms. The second kappa shape index (κ2) is 5.66. The minimum atomic E-state index is -4.25. The van der Waals surface area contributed by atoms with Crippen LogP contribution in [0, 0.1) is 11.6 Å². The molecule has 1 aromatic rings. The summed E-state index contributed by atoms with van der Waals surface area (Å²) in [5.41, 5.74) is 0. The number of aliphatic hydroxyl groups excluding tert-OH is 1. The lowest BCUT2D eigenvalue weighted by Crippen LogP contribution is -2.41. The number of aliphatic hydroxyl groups is 1. The van der Waals surface area contributed by atoms with Crippen LogP contribution in [0.4, 0.5) is 8.78 Å². The summed E-state index contributed by atoms with van der Waals surface area (Å²) in [6.07, 6.45) is -1.15. The number of hydrogen-bond acceptors (Lipinski definition) is 5. The number of esters is 1. The van der Waals surface area contributed by atoms with Crippen LogP contribution < -0.4 is 0 Å². The van der Waals surface area contributed by atoms with Crippen molar-refractivity contribution < 1.29 is 31.8 Å². The Morgan fingerprint density at radius 2 is 2.05 bits per heavy atom. The summed E-state index contributed by atoms with van der Waals surface area (Å²) in [5.74, 6) is -3.32. The Morgan fingerprint density at radius 1 is 1.38 bits per heavy atom. The number of methoxy groups -OCH3 is 1. The largest absolute Gasteiger partial charge is 0.468 e. The number of rotatable bonds is 3. The zero-order valence-electron chi connectivity index (χ0n) is 11.0. The van der Waals surface area contributed by atoms with Crippen LogP contribution in [0.5, 0.6) is 0 Å². The van der Waals surface area contributed by atoms with E-state index in [0.717, 1.165) is 17.5 Å². The molecule has 0 saturated carbocycles. The van der Waals surface area contributed by atoms with E-state index in [1.54, 1.807) is 0 Å². The van der Waals surface area contributed by atoms with Crippen LogP contribution in [-0.2, 0) is 19.6 Å². The fourth-order valence-corrected chi connectivity index (χ4v) is 3.81. The predicted molar refractivity (Wildman–Crippen MR) is 66.7 cm³/mol. The lowest BCUT2D eigenvalue weighted by atomic mass is 10.2. The van der Waals surface area contributed by atoms with Crippen molar-refractivity contribution in [3.8, 4) is 0 Å². The normalized spacial score (nSPS) is 23.2. The van der Waals surface area contributed by atoms with Gasteiger partial charge in [0.05, 0.1) is 18.1 Å². The van der Waals surface area contributed by atoms with Gasteiger partial charge in [0, 0.05) is 13.0 Å². The molecule has 1 fully saturated rings. The molecule has 1 saturated heterocycles. The highest BCUT2D eigenvalue weighted by Crippen LogP contribution is 2.27. The highest BCUT2D eigenvalue weighted by Gasteiger charge is 2.44. The molecule has 1 aromatic carbocycles. The molecule has 6 nitrogen and oxygen atoms in total. The molecule has 9 heteroatoms. The fourth-order valence-electron chi connectivity index (χ4n) is 2.17. The number of hydrogen-bond donors (Lipinski definition) is 1. The molecule has 0 radical (unpaired) electrons. The standard InChI is InChI=1S/C12H13F2NO5S/c1-20-12(17)11-4-7(16)6-15(11)21(18,19)8-2-3-9(13)10(14)5-8/h2-3,5,7,11,16H,4,6H2,1H3. The molecular formula is C12H13F2NO5S. The van der Waals surface area contributed by atoms with E-state index in [-0.39, 0.29) is 13.0 Å². The molecule has 0 aromatic heterocycles. The van der Waals surface area contributed by atoms with Gasteiger partial charge in [-0.25, -0.2) is 17.2 Å². The monoisotopic (exact) mass is 321 g/mol. The van der Waals surface area contributed by atoms with E-state index in [1.165, 1.54) is 0 Å². The number of sulfonamides is 1. The first-order chi connectivity index (χ1) is 9.77. The Kier molecular flexibility index (Phi) is 4.26. The third-order valence-corrected chi connectivity index (χ3v) is 5.08. The van der Waals surface area contributed by atoms with Crippen LogP contribution in [0.25, 0.3) is 0 Å². The van der Waals surface area contributed by atoms with Gasteiger partial charge in [-0.2, -0.15) is 4.31 Å².